The summed E-state index contributed by atoms with van der Waals surface area (Å²) in [6.07, 6.45) is 3.26. The van der Waals surface area contributed by atoms with Gasteiger partial charge in [-0.2, -0.15) is 5.10 Å². The molecule has 0 saturated carbocycles. The van der Waals surface area contributed by atoms with Crippen LogP contribution in [0, 0.1) is 18.6 Å². The molecule has 1 aromatic heterocycles. The second-order valence-electron chi connectivity index (χ2n) is 8.23. The maximum Gasteiger partial charge on any atom is 0.363 e. The number of carbonyl (C=O) groups is 1. The number of hydrogen-bond donors (Lipinski definition) is 3. The molecule has 0 bridgehead atoms. The molecule has 0 aliphatic carbocycles. The van der Waals surface area contributed by atoms with E-state index >= 15 is 0 Å². The Morgan fingerprint density at radius 1 is 1.29 bits per heavy atom. The molecule has 7 nitrogen and oxygen atoms in total. The van der Waals surface area contributed by atoms with Gasteiger partial charge in [-0.15, -0.1) is 0 Å². The number of hydrogen-bond acceptors (Lipinski definition) is 4. The Morgan fingerprint density at radius 3 is 2.65 bits per heavy atom. The quantitative estimate of drug-likeness (QED) is 0.279. The van der Waals surface area contributed by atoms with E-state index < -0.39 is 5.97 Å². The molecule has 4 rings (SSSR count). The highest BCUT2D eigenvalue weighted by molar-refractivity contribution is 7.71. The van der Waals surface area contributed by atoms with Crippen molar-refractivity contribution < 1.29 is 9.90 Å². The second-order valence-corrected chi connectivity index (χ2v) is 8.61. The Kier molecular flexibility index (Phi) is 5.93. The number of aliphatic carboxylic acids is 1. The minimum Gasteiger partial charge on any atom is -0.477 e. The molecule has 2 heterocycles. The summed E-state index contributed by atoms with van der Waals surface area (Å²) in [6.45, 7) is 6.60. The highest BCUT2D eigenvalue weighted by atomic mass is 32.1. The molecule has 162 valence electrons. The van der Waals surface area contributed by atoms with Crippen LogP contribution in [0.4, 0.5) is 11.4 Å². The van der Waals surface area contributed by atoms with E-state index in [0.29, 0.717) is 9.25 Å². The van der Waals surface area contributed by atoms with Crippen LogP contribution in [0.5, 0.6) is 0 Å². The van der Waals surface area contributed by atoms with Crippen molar-refractivity contribution in [1.29, 1.82) is 0 Å². The first-order valence-corrected chi connectivity index (χ1v) is 11.0. The molecule has 0 spiro atoms. The van der Waals surface area contributed by atoms with Gasteiger partial charge in [-0.05, 0) is 44.3 Å². The zero-order valence-electron chi connectivity index (χ0n) is 17.8. The first-order valence-electron chi connectivity index (χ1n) is 10.5. The van der Waals surface area contributed by atoms with Crippen molar-refractivity contribution in [2.45, 2.75) is 32.7 Å². The van der Waals surface area contributed by atoms with E-state index in [1.54, 1.807) is 6.33 Å². The van der Waals surface area contributed by atoms with Gasteiger partial charge in [0, 0.05) is 29.8 Å². The number of quaternary nitrogens is 1. The summed E-state index contributed by atoms with van der Waals surface area (Å²) < 4.78 is 2.91. The number of aryl methyl sites for hydroxylation is 2. The molecular weight excluding hydrogens is 410 g/mol. The summed E-state index contributed by atoms with van der Waals surface area (Å²) in [7, 11) is 0. The van der Waals surface area contributed by atoms with Crippen molar-refractivity contribution in [2.24, 2.45) is 0 Å². The van der Waals surface area contributed by atoms with Gasteiger partial charge in [-0.3, -0.25) is 14.1 Å². The van der Waals surface area contributed by atoms with Gasteiger partial charge >= 0.3 is 5.97 Å². The predicted octanol–water partition coefficient (Wildman–Crippen LogP) is 4.21. The molecule has 31 heavy (non-hydrogen) atoms. The number of likely N-dealkylation sites (tertiary alicyclic amines) is 1. The van der Waals surface area contributed by atoms with Crippen molar-refractivity contribution in [1.82, 2.24) is 19.2 Å². The summed E-state index contributed by atoms with van der Waals surface area (Å²) in [5.41, 5.74) is 5.46. The maximum absolute atomic E-state index is 12.0. The number of nitrogens with zero attached hydrogens (tertiary/aromatic N) is 3. The number of rotatable bonds is 8. The van der Waals surface area contributed by atoms with E-state index in [9.17, 15) is 9.90 Å². The fraction of sp³-hybridized carbons (Fsp3) is 0.348. The lowest BCUT2D eigenvalue weighted by Crippen LogP contribution is -2.70. The van der Waals surface area contributed by atoms with E-state index in [-0.39, 0.29) is 6.04 Å². The fourth-order valence-electron chi connectivity index (χ4n) is 4.85. The summed E-state index contributed by atoms with van der Waals surface area (Å²) in [5.74, 6) is -0.702. The monoisotopic (exact) mass is 438 g/mol. The molecule has 2 aromatic carbocycles. The van der Waals surface area contributed by atoms with Crippen molar-refractivity contribution >= 4 is 29.6 Å². The van der Waals surface area contributed by atoms with E-state index in [1.165, 1.54) is 16.8 Å². The number of anilines is 1. The zero-order valence-corrected chi connectivity index (χ0v) is 18.7. The number of nitrogens with one attached hydrogen (secondary N) is 2. The third kappa shape index (κ3) is 4.00. The van der Waals surface area contributed by atoms with Crippen LogP contribution in [0.3, 0.4) is 0 Å². The van der Waals surface area contributed by atoms with Gasteiger partial charge in [0.15, 0.2) is 10.8 Å². The Balaban J connectivity index is 1.47. The maximum atomic E-state index is 12.0. The topological polar surface area (TPSA) is 82.9 Å². The minimum absolute atomic E-state index is 0.369. The predicted molar refractivity (Wildman–Crippen MR) is 125 cm³/mol. The molecule has 2 atom stereocenters. The van der Waals surface area contributed by atoms with E-state index in [0.717, 1.165) is 43.9 Å². The van der Waals surface area contributed by atoms with Gasteiger partial charge in [0.05, 0.1) is 25.2 Å². The molecule has 1 fully saturated rings. The number of benzene rings is 2. The van der Waals surface area contributed by atoms with Crippen LogP contribution in [-0.2, 0) is 4.79 Å². The molecule has 1 aliphatic rings. The summed E-state index contributed by atoms with van der Waals surface area (Å²) in [6, 6.07) is 13.9. The van der Waals surface area contributed by atoms with Crippen molar-refractivity contribution in [3.63, 3.8) is 0 Å². The average molecular weight is 439 g/mol. The van der Waals surface area contributed by atoms with Crippen LogP contribution in [0.1, 0.15) is 24.0 Å². The third-order valence-electron chi connectivity index (χ3n) is 6.31. The smallest absolute Gasteiger partial charge is 0.363 e. The van der Waals surface area contributed by atoms with Gasteiger partial charge in [-0.1, -0.05) is 24.3 Å². The van der Waals surface area contributed by atoms with E-state index in [2.05, 4.69) is 41.5 Å². The number of H-pyrrole nitrogens is 1. The normalized spacial score (nSPS) is 20.3. The largest absolute Gasteiger partial charge is 0.477 e. The Hall–Kier alpha value is -2.97. The first-order chi connectivity index (χ1) is 14.9. The van der Waals surface area contributed by atoms with Gasteiger partial charge in [-0.25, -0.2) is 4.79 Å². The van der Waals surface area contributed by atoms with Gasteiger partial charge < -0.3 is 10.4 Å². The Bertz CT molecular complexity index is 1130. The third-order valence-corrected chi connectivity index (χ3v) is 6.60. The van der Waals surface area contributed by atoms with E-state index in [4.69, 9.17) is 12.2 Å². The first kappa shape index (κ1) is 21.3. The van der Waals surface area contributed by atoms with Crippen molar-refractivity contribution in [2.75, 3.05) is 25.0 Å². The molecular formula is C23H28N5O2S+. The second kappa shape index (κ2) is 8.64. The minimum atomic E-state index is -0.702. The van der Waals surface area contributed by atoms with Crippen molar-refractivity contribution in [3.8, 4) is 5.69 Å². The van der Waals surface area contributed by atoms with Crippen LogP contribution < -0.4 is 9.80 Å². The van der Waals surface area contributed by atoms with Crippen LogP contribution in [0.25, 0.3) is 5.69 Å². The molecule has 3 N–H and O–H groups in total. The van der Waals surface area contributed by atoms with Crippen molar-refractivity contribution in [3.05, 3.63) is 64.7 Å². The van der Waals surface area contributed by atoms with Gasteiger partial charge in [0.2, 0.25) is 0 Å². The molecule has 3 aromatic rings. The molecule has 8 heteroatoms. The molecule has 1 saturated heterocycles. The fourth-order valence-corrected chi connectivity index (χ4v) is 5.06. The van der Waals surface area contributed by atoms with E-state index in [1.807, 2.05) is 34.9 Å². The lowest BCUT2D eigenvalue weighted by atomic mass is 9.91. The molecule has 0 amide bonds. The van der Waals surface area contributed by atoms with Crippen LogP contribution >= 0.6 is 12.2 Å². The summed E-state index contributed by atoms with van der Waals surface area (Å²) >= 11 is 5.25. The summed E-state index contributed by atoms with van der Waals surface area (Å²) in [5, 5.41) is 20.1. The van der Waals surface area contributed by atoms with Gasteiger partial charge in [0.25, 0.3) is 0 Å². The van der Waals surface area contributed by atoms with Crippen LogP contribution in [-0.4, -0.2) is 51.5 Å². The highest BCUT2D eigenvalue weighted by Gasteiger charge is 2.53. The Morgan fingerprint density at radius 2 is 2.03 bits per heavy atom. The number of aromatic nitrogens is 3. The standard InChI is InChI=1S/C23H27N5O2S/c1-16-6-3-7-17(2)21(16)28(13-10-20(28)22(29)30)12-5-11-24-18-8-4-9-19(14-18)27-15-25-26-23(27)31/h3-4,6-9,14-15,20,24H,5,10-13H2,1-2H3,(H-,26,29,30,31)/p+1. The number of para-hydroxylation sites is 1. The lowest BCUT2D eigenvalue weighted by Gasteiger charge is -2.51. The SMILES string of the molecule is Cc1cccc(C)c1[N+]1(CCCNc2cccc(-n3cn[nH]c3=S)c2)CCC1C(=O)O. The average Bonchev–Trinajstić information content (AvgIpc) is 3.14. The van der Waals surface area contributed by atoms with Gasteiger partial charge in [0.1, 0.15) is 12.0 Å². The Labute approximate surface area is 186 Å². The number of carboxylic acid groups (broad SMARTS) is 1. The zero-order chi connectivity index (χ0) is 22.0. The number of aromatic amines is 1. The molecule has 0 radical (unpaired) electrons. The highest BCUT2D eigenvalue weighted by Crippen LogP contribution is 2.41. The summed E-state index contributed by atoms with van der Waals surface area (Å²) in [4.78, 5) is 12.0. The molecule has 2 unspecified atom stereocenters. The lowest BCUT2D eigenvalue weighted by molar-refractivity contribution is -0.147. The van der Waals surface area contributed by atoms with Crippen LogP contribution in [0.15, 0.2) is 48.8 Å². The van der Waals surface area contributed by atoms with Crippen LogP contribution in [0.2, 0.25) is 0 Å². The number of carboxylic acids is 1. The molecule has 1 aliphatic heterocycles.